The van der Waals surface area contributed by atoms with Crippen LogP contribution in [0.15, 0.2) is 53.4 Å². The van der Waals surface area contributed by atoms with Gasteiger partial charge in [-0.15, -0.1) is 0 Å². The van der Waals surface area contributed by atoms with Crippen molar-refractivity contribution in [3.8, 4) is 0 Å². The maximum absolute atomic E-state index is 13.6. The first-order valence-corrected chi connectivity index (χ1v) is 14.7. The Bertz CT molecular complexity index is 1230. The van der Waals surface area contributed by atoms with E-state index >= 15 is 0 Å². The third kappa shape index (κ3) is 5.95. The number of carbonyl (C=O) groups excluding carboxylic acids is 1. The lowest BCUT2D eigenvalue weighted by atomic mass is 10.2. The number of nitrogens with zero attached hydrogens (tertiary/aromatic N) is 4. The van der Waals surface area contributed by atoms with Crippen molar-refractivity contribution in [3.05, 3.63) is 54.1 Å². The van der Waals surface area contributed by atoms with Gasteiger partial charge in [0.1, 0.15) is 0 Å². The Morgan fingerprint density at radius 1 is 1.08 bits per heavy atom. The summed E-state index contributed by atoms with van der Waals surface area (Å²) in [5, 5.41) is 0.640. The summed E-state index contributed by atoms with van der Waals surface area (Å²) in [4.78, 5) is 22.5. The van der Waals surface area contributed by atoms with Gasteiger partial charge in [0.2, 0.25) is 10.0 Å². The third-order valence-corrected chi connectivity index (χ3v) is 9.48. The molecule has 0 N–H and O–H groups in total. The van der Waals surface area contributed by atoms with Gasteiger partial charge in [0, 0.05) is 38.9 Å². The van der Waals surface area contributed by atoms with Crippen LogP contribution in [-0.4, -0.2) is 81.0 Å². The summed E-state index contributed by atoms with van der Waals surface area (Å²) in [6.45, 7) is 8.19. The van der Waals surface area contributed by atoms with Gasteiger partial charge in [-0.2, -0.15) is 4.31 Å². The Hall–Kier alpha value is -2.37. The molecule has 2 aromatic carbocycles. The van der Waals surface area contributed by atoms with Crippen LogP contribution in [0.3, 0.4) is 0 Å². The molecule has 1 amide bonds. The molecule has 4 rings (SSSR count). The first-order valence-electron chi connectivity index (χ1n) is 12.4. The molecule has 194 valence electrons. The number of likely N-dealkylation sites (N-methyl/N-ethyl adjacent to an activating group) is 2. The summed E-state index contributed by atoms with van der Waals surface area (Å²) in [6.07, 6.45) is 1.75. The standard InChI is InChI=1S/C26H34N4O4S2/c1-4-29(5-2)16-17-30(26-27-23-10-6-7-11-24(23)35-26)25(31)20-12-14-22(15-13-20)36(32,33)28(3)19-21-9-8-18-34-21/h6-7,10-15,21H,4-5,8-9,16-19H2,1-3H3. The average Bonchev–Trinajstić information content (AvgIpc) is 3.56. The number of para-hydroxylation sites is 1. The fourth-order valence-electron chi connectivity index (χ4n) is 4.32. The fourth-order valence-corrected chi connectivity index (χ4v) is 6.51. The largest absolute Gasteiger partial charge is 0.377 e. The van der Waals surface area contributed by atoms with Crippen LogP contribution in [-0.2, 0) is 14.8 Å². The maximum atomic E-state index is 13.6. The number of rotatable bonds is 11. The van der Waals surface area contributed by atoms with Gasteiger partial charge in [-0.1, -0.05) is 37.3 Å². The molecule has 1 unspecified atom stereocenters. The second-order valence-corrected chi connectivity index (χ2v) is 11.9. The minimum atomic E-state index is -3.68. The van der Waals surface area contributed by atoms with Crippen LogP contribution < -0.4 is 4.90 Å². The van der Waals surface area contributed by atoms with Crippen molar-refractivity contribution in [2.45, 2.75) is 37.7 Å². The Balaban J connectivity index is 1.56. The molecule has 0 saturated carbocycles. The summed E-state index contributed by atoms with van der Waals surface area (Å²) in [5.41, 5.74) is 1.28. The lowest BCUT2D eigenvalue weighted by Crippen LogP contribution is -2.39. The molecular weight excluding hydrogens is 496 g/mol. The van der Waals surface area contributed by atoms with Crippen LogP contribution in [0.4, 0.5) is 5.13 Å². The molecule has 1 fully saturated rings. The molecule has 1 aromatic heterocycles. The molecule has 3 aromatic rings. The van der Waals surface area contributed by atoms with Crippen molar-refractivity contribution in [1.29, 1.82) is 0 Å². The highest BCUT2D eigenvalue weighted by Crippen LogP contribution is 2.30. The van der Waals surface area contributed by atoms with Gasteiger partial charge < -0.3 is 9.64 Å². The number of ether oxygens (including phenoxy) is 1. The highest BCUT2D eigenvalue weighted by atomic mass is 32.2. The van der Waals surface area contributed by atoms with Crippen LogP contribution in [0.25, 0.3) is 10.2 Å². The predicted octanol–water partition coefficient (Wildman–Crippen LogP) is 4.08. The minimum Gasteiger partial charge on any atom is -0.377 e. The number of amides is 1. The van der Waals surface area contributed by atoms with Crippen molar-refractivity contribution in [2.75, 3.05) is 51.3 Å². The number of hydrogen-bond acceptors (Lipinski definition) is 7. The van der Waals surface area contributed by atoms with Gasteiger partial charge in [0.05, 0.1) is 21.2 Å². The molecular formula is C26H34N4O4S2. The molecule has 1 atom stereocenters. The van der Waals surface area contributed by atoms with Gasteiger partial charge >= 0.3 is 0 Å². The number of hydrogen-bond donors (Lipinski definition) is 0. The molecule has 1 aliphatic heterocycles. The summed E-state index contributed by atoms with van der Waals surface area (Å²) in [5.74, 6) is -0.196. The van der Waals surface area contributed by atoms with E-state index in [0.29, 0.717) is 30.4 Å². The molecule has 2 heterocycles. The summed E-state index contributed by atoms with van der Waals surface area (Å²) < 4.78 is 34.1. The van der Waals surface area contributed by atoms with E-state index < -0.39 is 10.0 Å². The summed E-state index contributed by atoms with van der Waals surface area (Å²) in [7, 11) is -2.11. The van der Waals surface area contributed by atoms with E-state index in [1.54, 1.807) is 24.1 Å². The number of fused-ring (bicyclic) bond motifs is 1. The van der Waals surface area contributed by atoms with Gasteiger partial charge in [0.25, 0.3) is 5.91 Å². The van der Waals surface area contributed by atoms with Crippen LogP contribution >= 0.6 is 11.3 Å². The zero-order chi connectivity index (χ0) is 25.7. The number of aromatic nitrogens is 1. The maximum Gasteiger partial charge on any atom is 0.260 e. The van der Waals surface area contributed by atoms with Crippen molar-refractivity contribution >= 4 is 42.6 Å². The number of carbonyl (C=O) groups is 1. The van der Waals surface area contributed by atoms with Crippen molar-refractivity contribution in [1.82, 2.24) is 14.2 Å². The number of anilines is 1. The van der Waals surface area contributed by atoms with Crippen LogP contribution in [0.1, 0.15) is 37.0 Å². The van der Waals surface area contributed by atoms with E-state index in [9.17, 15) is 13.2 Å². The van der Waals surface area contributed by atoms with E-state index in [0.717, 1.165) is 42.7 Å². The Morgan fingerprint density at radius 3 is 2.44 bits per heavy atom. The zero-order valence-electron chi connectivity index (χ0n) is 21.1. The lowest BCUT2D eigenvalue weighted by molar-refractivity contribution is 0.0978. The lowest BCUT2D eigenvalue weighted by Gasteiger charge is -2.25. The van der Waals surface area contributed by atoms with Gasteiger partial charge in [-0.25, -0.2) is 13.4 Å². The second-order valence-electron chi connectivity index (χ2n) is 8.89. The van der Waals surface area contributed by atoms with E-state index in [1.807, 2.05) is 24.3 Å². The number of thiazole rings is 1. The quantitative estimate of drug-likeness (QED) is 0.372. The van der Waals surface area contributed by atoms with E-state index in [2.05, 4.69) is 18.7 Å². The average molecular weight is 531 g/mol. The molecule has 1 saturated heterocycles. The topological polar surface area (TPSA) is 83.1 Å². The zero-order valence-corrected chi connectivity index (χ0v) is 22.7. The molecule has 10 heteroatoms. The van der Waals surface area contributed by atoms with Crippen LogP contribution in [0, 0.1) is 0 Å². The van der Waals surface area contributed by atoms with Gasteiger partial charge in [-0.3, -0.25) is 9.69 Å². The SMILES string of the molecule is CCN(CC)CCN(C(=O)c1ccc(S(=O)(=O)N(C)CC2CCCO2)cc1)c1nc2ccccc2s1. The smallest absolute Gasteiger partial charge is 0.260 e. The van der Waals surface area contributed by atoms with Crippen molar-refractivity contribution < 1.29 is 17.9 Å². The third-order valence-electron chi connectivity index (χ3n) is 6.59. The highest BCUT2D eigenvalue weighted by molar-refractivity contribution is 7.89. The molecule has 0 radical (unpaired) electrons. The van der Waals surface area contributed by atoms with Gasteiger partial charge in [-0.05, 0) is 62.3 Å². The van der Waals surface area contributed by atoms with E-state index in [1.165, 1.54) is 27.8 Å². The van der Waals surface area contributed by atoms with E-state index in [-0.39, 0.29) is 16.9 Å². The normalized spacial score (nSPS) is 16.3. The fraction of sp³-hybridized carbons (Fsp3) is 0.462. The first kappa shape index (κ1) is 26.7. The van der Waals surface area contributed by atoms with E-state index in [4.69, 9.17) is 9.72 Å². The summed E-state index contributed by atoms with van der Waals surface area (Å²) in [6, 6.07) is 14.0. The molecule has 0 bridgehead atoms. The molecule has 0 aliphatic carbocycles. The van der Waals surface area contributed by atoms with Crippen LogP contribution in [0.5, 0.6) is 0 Å². The molecule has 0 spiro atoms. The monoisotopic (exact) mass is 530 g/mol. The number of sulfonamides is 1. The predicted molar refractivity (Wildman–Crippen MR) is 144 cm³/mol. The summed E-state index contributed by atoms with van der Waals surface area (Å²) >= 11 is 1.48. The highest BCUT2D eigenvalue weighted by Gasteiger charge is 2.27. The minimum absolute atomic E-state index is 0.0706. The van der Waals surface area contributed by atoms with Crippen LogP contribution in [0.2, 0.25) is 0 Å². The Morgan fingerprint density at radius 2 is 1.81 bits per heavy atom. The van der Waals surface area contributed by atoms with Gasteiger partial charge in [0.15, 0.2) is 5.13 Å². The molecule has 1 aliphatic rings. The molecule has 8 nitrogen and oxygen atoms in total. The Kier molecular flexibility index (Phi) is 8.74. The first-order chi connectivity index (χ1) is 17.3. The second kappa shape index (κ2) is 11.8. The number of benzene rings is 2. The Labute approximate surface area is 217 Å². The van der Waals surface area contributed by atoms with Crippen molar-refractivity contribution in [2.24, 2.45) is 0 Å². The molecule has 36 heavy (non-hydrogen) atoms. The van der Waals surface area contributed by atoms with Crippen molar-refractivity contribution in [3.63, 3.8) is 0 Å².